The van der Waals surface area contributed by atoms with E-state index in [1.54, 1.807) is 14.0 Å². The highest BCUT2D eigenvalue weighted by molar-refractivity contribution is 5.75. The zero-order chi connectivity index (χ0) is 10.6. The summed E-state index contributed by atoms with van der Waals surface area (Å²) in [4.78, 5) is 11.0. The number of carbonyl (C=O) groups excluding carboxylic acids is 1. The fourth-order valence-corrected chi connectivity index (χ4v) is 2.35. The number of Topliss-reactive ketones (excluding diaryl/α,β-unsaturated/α-hetero) is 1. The number of carbonyl (C=O) groups is 1. The van der Waals surface area contributed by atoms with Crippen LogP contribution in [0.15, 0.2) is 0 Å². The maximum atomic E-state index is 11.0. The predicted octanol–water partition coefficient (Wildman–Crippen LogP) is 1.37. The molecule has 1 saturated heterocycles. The number of nitrogens with one attached hydrogen (secondary N) is 1. The number of ketones is 1. The Morgan fingerprint density at radius 3 is 2.79 bits per heavy atom. The highest BCUT2D eigenvalue weighted by atomic mass is 16.5. The second-order valence-corrected chi connectivity index (χ2v) is 4.29. The molecule has 0 aromatic rings. The monoisotopic (exact) mass is 199 g/mol. The third-order valence-electron chi connectivity index (χ3n) is 2.94. The van der Waals surface area contributed by atoms with E-state index in [1.807, 2.05) is 0 Å². The van der Waals surface area contributed by atoms with Crippen LogP contribution in [0.3, 0.4) is 0 Å². The Hall–Kier alpha value is -0.410. The van der Waals surface area contributed by atoms with Gasteiger partial charge in [0.2, 0.25) is 0 Å². The lowest BCUT2D eigenvalue weighted by Crippen LogP contribution is -2.40. The summed E-state index contributed by atoms with van der Waals surface area (Å²) in [6.07, 6.45) is 3.19. The third-order valence-corrected chi connectivity index (χ3v) is 2.94. The van der Waals surface area contributed by atoms with E-state index in [9.17, 15) is 4.79 Å². The molecule has 1 aliphatic heterocycles. The molecule has 0 amide bonds. The van der Waals surface area contributed by atoms with E-state index < -0.39 is 0 Å². The van der Waals surface area contributed by atoms with Crippen LogP contribution in [0, 0.1) is 5.92 Å². The van der Waals surface area contributed by atoms with Gasteiger partial charge in [-0.2, -0.15) is 0 Å². The Labute approximate surface area is 86.2 Å². The molecular weight excluding hydrogens is 178 g/mol. The van der Waals surface area contributed by atoms with Crippen LogP contribution >= 0.6 is 0 Å². The van der Waals surface area contributed by atoms with Crippen molar-refractivity contribution in [1.29, 1.82) is 0 Å². The second kappa shape index (κ2) is 5.47. The van der Waals surface area contributed by atoms with Crippen molar-refractivity contribution in [2.24, 2.45) is 5.92 Å². The minimum absolute atomic E-state index is 0.182. The third kappa shape index (κ3) is 3.07. The van der Waals surface area contributed by atoms with Crippen LogP contribution < -0.4 is 5.32 Å². The van der Waals surface area contributed by atoms with Gasteiger partial charge in [-0.25, -0.2) is 0 Å². The van der Waals surface area contributed by atoms with Gasteiger partial charge < -0.3 is 14.8 Å². The first-order chi connectivity index (χ1) is 6.65. The Bertz CT molecular complexity index is 188. The van der Waals surface area contributed by atoms with Gasteiger partial charge in [0.05, 0.1) is 6.10 Å². The van der Waals surface area contributed by atoms with Gasteiger partial charge in [0.25, 0.3) is 0 Å². The molecule has 0 aromatic heterocycles. The molecule has 1 fully saturated rings. The van der Waals surface area contributed by atoms with Gasteiger partial charge in [-0.05, 0) is 32.2 Å². The van der Waals surface area contributed by atoms with E-state index in [1.165, 1.54) is 12.8 Å². The summed E-state index contributed by atoms with van der Waals surface area (Å²) in [6.45, 7) is 4.82. The fraction of sp³-hybridized carbons (Fsp3) is 0.909. The van der Waals surface area contributed by atoms with E-state index in [0.29, 0.717) is 18.4 Å². The van der Waals surface area contributed by atoms with Gasteiger partial charge >= 0.3 is 0 Å². The highest BCUT2D eigenvalue weighted by Gasteiger charge is 2.29. The maximum Gasteiger partial charge on any atom is 0.130 e. The molecule has 82 valence electrons. The average Bonchev–Trinajstić information content (AvgIpc) is 2.57. The van der Waals surface area contributed by atoms with Gasteiger partial charge in [0.1, 0.15) is 5.78 Å². The molecule has 3 nitrogen and oxygen atoms in total. The fourth-order valence-electron chi connectivity index (χ4n) is 2.35. The Morgan fingerprint density at radius 2 is 2.36 bits per heavy atom. The van der Waals surface area contributed by atoms with Crippen LogP contribution in [-0.2, 0) is 9.53 Å². The van der Waals surface area contributed by atoms with Crippen molar-refractivity contribution in [3.05, 3.63) is 0 Å². The predicted molar refractivity (Wildman–Crippen MR) is 56.3 cm³/mol. The first-order valence-electron chi connectivity index (χ1n) is 5.40. The van der Waals surface area contributed by atoms with Crippen molar-refractivity contribution in [3.8, 4) is 0 Å². The SMILES string of the molecule is COC(C(C)CC(C)=O)C1CCCN1. The van der Waals surface area contributed by atoms with Crippen molar-refractivity contribution in [3.63, 3.8) is 0 Å². The van der Waals surface area contributed by atoms with Gasteiger partial charge in [-0.1, -0.05) is 6.92 Å². The molecule has 3 atom stereocenters. The van der Waals surface area contributed by atoms with Crippen molar-refractivity contribution >= 4 is 5.78 Å². The molecule has 0 radical (unpaired) electrons. The molecule has 0 aliphatic carbocycles. The summed E-state index contributed by atoms with van der Waals surface area (Å²) in [5.74, 6) is 0.561. The number of methoxy groups -OCH3 is 1. The molecule has 0 aromatic carbocycles. The number of ether oxygens (including phenoxy) is 1. The molecule has 1 rings (SSSR count). The van der Waals surface area contributed by atoms with E-state index in [-0.39, 0.29) is 11.9 Å². The molecule has 0 saturated carbocycles. The molecule has 0 bridgehead atoms. The van der Waals surface area contributed by atoms with Crippen LogP contribution in [0.25, 0.3) is 0 Å². The summed E-state index contributed by atoms with van der Waals surface area (Å²) >= 11 is 0. The van der Waals surface area contributed by atoms with Crippen molar-refractivity contribution in [1.82, 2.24) is 5.32 Å². The topological polar surface area (TPSA) is 38.3 Å². The Kier molecular flexibility index (Phi) is 4.55. The largest absolute Gasteiger partial charge is 0.380 e. The smallest absolute Gasteiger partial charge is 0.130 e. The lowest BCUT2D eigenvalue weighted by Gasteiger charge is -2.27. The zero-order valence-corrected chi connectivity index (χ0v) is 9.38. The number of rotatable bonds is 5. The van der Waals surface area contributed by atoms with Crippen LogP contribution in [0.4, 0.5) is 0 Å². The lowest BCUT2D eigenvalue weighted by atomic mass is 9.92. The Morgan fingerprint density at radius 1 is 1.64 bits per heavy atom. The van der Waals surface area contributed by atoms with E-state index >= 15 is 0 Å². The molecule has 14 heavy (non-hydrogen) atoms. The summed E-state index contributed by atoms with van der Waals surface area (Å²) < 4.78 is 5.48. The molecule has 1 aliphatic rings. The summed E-state index contributed by atoms with van der Waals surface area (Å²) in [6, 6.07) is 0.439. The minimum Gasteiger partial charge on any atom is -0.380 e. The summed E-state index contributed by atoms with van der Waals surface area (Å²) in [5.41, 5.74) is 0. The van der Waals surface area contributed by atoms with Crippen molar-refractivity contribution in [2.45, 2.75) is 45.3 Å². The van der Waals surface area contributed by atoms with Gasteiger partial charge in [0, 0.05) is 19.6 Å². The quantitative estimate of drug-likeness (QED) is 0.726. The molecule has 0 spiro atoms. The first kappa shape index (κ1) is 11.7. The number of hydrogen-bond donors (Lipinski definition) is 1. The van der Waals surface area contributed by atoms with Crippen LogP contribution in [0.1, 0.15) is 33.1 Å². The summed E-state index contributed by atoms with van der Waals surface area (Å²) in [7, 11) is 1.74. The Balaban J connectivity index is 2.46. The molecular formula is C11H21NO2. The molecule has 1 N–H and O–H groups in total. The van der Waals surface area contributed by atoms with Crippen molar-refractivity contribution < 1.29 is 9.53 Å². The standard InChI is InChI=1S/C11H21NO2/c1-8(7-9(2)13)11(14-3)10-5-4-6-12-10/h8,10-12H,4-7H2,1-3H3. The minimum atomic E-state index is 0.182. The van der Waals surface area contributed by atoms with Crippen LogP contribution in [0.2, 0.25) is 0 Å². The van der Waals surface area contributed by atoms with Crippen LogP contribution in [-0.4, -0.2) is 31.6 Å². The first-order valence-corrected chi connectivity index (χ1v) is 5.40. The van der Waals surface area contributed by atoms with Gasteiger partial charge in [0.15, 0.2) is 0 Å². The van der Waals surface area contributed by atoms with Crippen molar-refractivity contribution in [2.75, 3.05) is 13.7 Å². The summed E-state index contributed by atoms with van der Waals surface area (Å²) in [5, 5.41) is 3.43. The molecule has 3 heteroatoms. The number of hydrogen-bond acceptors (Lipinski definition) is 3. The van der Waals surface area contributed by atoms with Gasteiger partial charge in [-0.15, -0.1) is 0 Å². The van der Waals surface area contributed by atoms with Crippen LogP contribution in [0.5, 0.6) is 0 Å². The maximum absolute atomic E-state index is 11.0. The second-order valence-electron chi connectivity index (χ2n) is 4.29. The lowest BCUT2D eigenvalue weighted by molar-refractivity contribution is -0.119. The van der Waals surface area contributed by atoms with E-state index in [2.05, 4.69) is 12.2 Å². The van der Waals surface area contributed by atoms with E-state index in [4.69, 9.17) is 4.74 Å². The molecule has 1 heterocycles. The molecule has 3 unspecified atom stereocenters. The normalized spacial score (nSPS) is 26.1. The van der Waals surface area contributed by atoms with Gasteiger partial charge in [-0.3, -0.25) is 0 Å². The average molecular weight is 199 g/mol. The van der Waals surface area contributed by atoms with E-state index in [0.717, 1.165) is 6.54 Å². The highest BCUT2D eigenvalue weighted by Crippen LogP contribution is 2.20. The zero-order valence-electron chi connectivity index (χ0n) is 9.38.